The molecule has 0 aliphatic carbocycles. The van der Waals surface area contributed by atoms with E-state index in [1.807, 2.05) is 30.3 Å². The van der Waals surface area contributed by atoms with Crippen molar-refractivity contribution in [3.8, 4) is 0 Å². The third-order valence-corrected chi connectivity index (χ3v) is 3.66. The van der Waals surface area contributed by atoms with Gasteiger partial charge in [-0.15, -0.1) is 0 Å². The van der Waals surface area contributed by atoms with Gasteiger partial charge < -0.3 is 15.2 Å². The molecular formula is C17H25NO4. The van der Waals surface area contributed by atoms with Gasteiger partial charge in [0.05, 0.1) is 6.61 Å². The van der Waals surface area contributed by atoms with Gasteiger partial charge in [-0.05, 0) is 31.7 Å². The molecule has 1 amide bonds. The summed E-state index contributed by atoms with van der Waals surface area (Å²) in [6, 6.07) is 10.1. The van der Waals surface area contributed by atoms with E-state index < -0.39 is 11.5 Å². The van der Waals surface area contributed by atoms with E-state index in [2.05, 4.69) is 5.32 Å². The molecule has 0 fully saturated rings. The quantitative estimate of drug-likeness (QED) is 0.651. The van der Waals surface area contributed by atoms with Crippen LogP contribution in [0.5, 0.6) is 0 Å². The summed E-state index contributed by atoms with van der Waals surface area (Å²) >= 11 is 0. The maximum Gasteiger partial charge on any atom is 0.329 e. The molecule has 5 nitrogen and oxygen atoms in total. The maximum absolute atomic E-state index is 11.7. The zero-order valence-electron chi connectivity index (χ0n) is 13.3. The van der Waals surface area contributed by atoms with E-state index in [0.717, 1.165) is 6.42 Å². The molecule has 0 saturated heterocycles. The predicted molar refractivity (Wildman–Crippen MR) is 84.7 cm³/mol. The molecule has 1 aromatic carbocycles. The topological polar surface area (TPSA) is 75.6 Å². The summed E-state index contributed by atoms with van der Waals surface area (Å²) in [5, 5.41) is 11.7. The predicted octanol–water partition coefficient (Wildman–Crippen LogP) is 2.40. The molecule has 0 bridgehead atoms. The lowest BCUT2D eigenvalue weighted by atomic mass is 9.99. The van der Waals surface area contributed by atoms with Crippen molar-refractivity contribution in [3.63, 3.8) is 0 Å². The van der Waals surface area contributed by atoms with Crippen LogP contribution < -0.4 is 5.32 Å². The molecule has 122 valence electrons. The molecule has 0 spiro atoms. The van der Waals surface area contributed by atoms with Crippen LogP contribution in [0.15, 0.2) is 30.3 Å². The van der Waals surface area contributed by atoms with Gasteiger partial charge in [0, 0.05) is 13.0 Å². The van der Waals surface area contributed by atoms with Crippen LogP contribution in [0, 0.1) is 0 Å². The van der Waals surface area contributed by atoms with E-state index >= 15 is 0 Å². The minimum absolute atomic E-state index is 0.251. The Balaban J connectivity index is 2.14. The smallest absolute Gasteiger partial charge is 0.329 e. The van der Waals surface area contributed by atoms with Crippen LogP contribution >= 0.6 is 0 Å². The number of carbonyl (C=O) groups excluding carboxylic acids is 1. The fraction of sp³-hybridized carbons (Fsp3) is 0.529. The van der Waals surface area contributed by atoms with Crippen molar-refractivity contribution in [3.05, 3.63) is 35.9 Å². The minimum atomic E-state index is -1.19. The van der Waals surface area contributed by atoms with Crippen molar-refractivity contribution in [2.75, 3.05) is 13.2 Å². The van der Waals surface area contributed by atoms with Gasteiger partial charge in [0.1, 0.15) is 5.54 Å². The highest BCUT2D eigenvalue weighted by molar-refractivity contribution is 5.86. The van der Waals surface area contributed by atoms with Crippen LogP contribution in [0.4, 0.5) is 0 Å². The lowest BCUT2D eigenvalue weighted by Gasteiger charge is -2.24. The molecular weight excluding hydrogens is 282 g/mol. The minimum Gasteiger partial charge on any atom is -0.480 e. The summed E-state index contributed by atoms with van der Waals surface area (Å²) < 4.78 is 5.50. The Kier molecular flexibility index (Phi) is 7.60. The van der Waals surface area contributed by atoms with Crippen molar-refractivity contribution in [2.24, 2.45) is 0 Å². The zero-order chi connectivity index (χ0) is 16.4. The van der Waals surface area contributed by atoms with Gasteiger partial charge in [-0.1, -0.05) is 37.3 Å². The molecule has 0 saturated carbocycles. The van der Waals surface area contributed by atoms with Crippen LogP contribution in [-0.2, 0) is 20.7 Å². The fourth-order valence-electron chi connectivity index (χ4n) is 1.93. The summed E-state index contributed by atoms with van der Waals surface area (Å²) in [5.74, 6) is -1.26. The van der Waals surface area contributed by atoms with Crippen LogP contribution in [0.2, 0.25) is 0 Å². The van der Waals surface area contributed by atoms with E-state index in [9.17, 15) is 9.59 Å². The van der Waals surface area contributed by atoms with Crippen LogP contribution in [0.25, 0.3) is 0 Å². The van der Waals surface area contributed by atoms with Crippen molar-refractivity contribution in [1.82, 2.24) is 5.32 Å². The number of amides is 1. The number of benzene rings is 1. The SMILES string of the molecule is CCC(C)(NC(=O)CCCOCCc1ccccc1)C(=O)O. The molecule has 0 aliphatic rings. The van der Waals surface area contributed by atoms with E-state index in [0.29, 0.717) is 26.1 Å². The Labute approximate surface area is 131 Å². The van der Waals surface area contributed by atoms with Gasteiger partial charge in [-0.2, -0.15) is 0 Å². The third-order valence-electron chi connectivity index (χ3n) is 3.66. The second-order valence-corrected chi connectivity index (χ2v) is 5.49. The number of aliphatic carboxylic acids is 1. The molecule has 22 heavy (non-hydrogen) atoms. The average molecular weight is 307 g/mol. The largest absolute Gasteiger partial charge is 0.480 e. The number of hydrogen-bond acceptors (Lipinski definition) is 3. The Hall–Kier alpha value is -1.88. The summed E-state index contributed by atoms with van der Waals surface area (Å²) in [4.78, 5) is 22.8. The van der Waals surface area contributed by atoms with Gasteiger partial charge >= 0.3 is 5.97 Å². The van der Waals surface area contributed by atoms with Crippen molar-refractivity contribution >= 4 is 11.9 Å². The highest BCUT2D eigenvalue weighted by Gasteiger charge is 2.32. The normalized spacial score (nSPS) is 13.4. The first-order chi connectivity index (χ1) is 10.5. The molecule has 2 N–H and O–H groups in total. The lowest BCUT2D eigenvalue weighted by Crippen LogP contribution is -2.51. The summed E-state index contributed by atoms with van der Waals surface area (Å²) in [5.41, 5.74) is 0.0334. The number of nitrogens with one attached hydrogen (secondary N) is 1. The number of carbonyl (C=O) groups is 2. The first-order valence-corrected chi connectivity index (χ1v) is 7.64. The second kappa shape index (κ2) is 9.20. The molecule has 0 aromatic heterocycles. The van der Waals surface area contributed by atoms with Crippen molar-refractivity contribution < 1.29 is 19.4 Å². The molecule has 1 atom stereocenters. The monoisotopic (exact) mass is 307 g/mol. The highest BCUT2D eigenvalue weighted by Crippen LogP contribution is 2.10. The lowest BCUT2D eigenvalue weighted by molar-refractivity contribution is -0.147. The fourth-order valence-corrected chi connectivity index (χ4v) is 1.93. The molecule has 5 heteroatoms. The maximum atomic E-state index is 11.7. The van der Waals surface area contributed by atoms with Gasteiger partial charge in [0.15, 0.2) is 0 Å². The van der Waals surface area contributed by atoms with Crippen molar-refractivity contribution in [1.29, 1.82) is 0 Å². The molecule has 0 heterocycles. The van der Waals surface area contributed by atoms with E-state index in [4.69, 9.17) is 9.84 Å². The van der Waals surface area contributed by atoms with E-state index in [1.54, 1.807) is 6.92 Å². The van der Waals surface area contributed by atoms with Gasteiger partial charge in [-0.3, -0.25) is 4.79 Å². The molecule has 1 rings (SSSR count). The second-order valence-electron chi connectivity index (χ2n) is 5.49. The molecule has 0 radical (unpaired) electrons. The number of hydrogen-bond donors (Lipinski definition) is 2. The van der Waals surface area contributed by atoms with Crippen molar-refractivity contribution in [2.45, 2.75) is 45.1 Å². The van der Waals surface area contributed by atoms with Crippen LogP contribution in [0.1, 0.15) is 38.7 Å². The molecule has 0 aliphatic heterocycles. The highest BCUT2D eigenvalue weighted by atomic mass is 16.5. The van der Waals surface area contributed by atoms with Gasteiger partial charge in [0.2, 0.25) is 5.91 Å². The van der Waals surface area contributed by atoms with Gasteiger partial charge in [-0.25, -0.2) is 4.79 Å². The molecule has 1 aromatic rings. The first kappa shape index (κ1) is 18.2. The zero-order valence-corrected chi connectivity index (χ0v) is 13.3. The van der Waals surface area contributed by atoms with E-state index in [1.165, 1.54) is 12.5 Å². The third kappa shape index (κ3) is 6.26. The summed E-state index contributed by atoms with van der Waals surface area (Å²) in [6.07, 6.45) is 2.05. The Bertz CT molecular complexity index is 475. The first-order valence-electron chi connectivity index (χ1n) is 7.64. The van der Waals surface area contributed by atoms with Gasteiger partial charge in [0.25, 0.3) is 0 Å². The summed E-state index contributed by atoms with van der Waals surface area (Å²) in [7, 11) is 0. The Morgan fingerprint density at radius 1 is 1.23 bits per heavy atom. The number of ether oxygens (including phenoxy) is 1. The van der Waals surface area contributed by atoms with Crippen LogP contribution in [-0.4, -0.2) is 35.7 Å². The summed E-state index contributed by atoms with van der Waals surface area (Å²) in [6.45, 7) is 4.37. The number of rotatable bonds is 10. The number of carboxylic acids is 1. The Morgan fingerprint density at radius 2 is 1.91 bits per heavy atom. The molecule has 1 unspecified atom stereocenters. The average Bonchev–Trinajstić information content (AvgIpc) is 2.51. The Morgan fingerprint density at radius 3 is 2.50 bits per heavy atom. The number of carboxylic acid groups (broad SMARTS) is 1. The van der Waals surface area contributed by atoms with E-state index in [-0.39, 0.29) is 12.3 Å². The standard InChI is InChI=1S/C17H25NO4/c1-3-17(2,16(20)21)18-15(19)10-7-12-22-13-11-14-8-5-4-6-9-14/h4-6,8-9H,3,7,10-13H2,1-2H3,(H,18,19)(H,20,21). The van der Waals surface area contributed by atoms with Crippen LogP contribution in [0.3, 0.4) is 0 Å².